The second kappa shape index (κ2) is 6.30. The van der Waals surface area contributed by atoms with Gasteiger partial charge in [0.05, 0.1) is 12.2 Å². The summed E-state index contributed by atoms with van der Waals surface area (Å²) in [5.41, 5.74) is 1.05. The summed E-state index contributed by atoms with van der Waals surface area (Å²) in [7, 11) is 0. The van der Waals surface area contributed by atoms with Gasteiger partial charge in [0.25, 0.3) is 0 Å². The van der Waals surface area contributed by atoms with Gasteiger partial charge in [-0.1, -0.05) is 26.0 Å². The molecule has 0 aromatic heterocycles. The van der Waals surface area contributed by atoms with Crippen molar-refractivity contribution in [1.29, 1.82) is 0 Å². The molecule has 1 aromatic rings. The number of benzene rings is 1. The summed E-state index contributed by atoms with van der Waals surface area (Å²) in [6.07, 6.45) is 3.98. The number of ether oxygens (including phenoxy) is 1. The number of hydrogen-bond donors (Lipinski definition) is 1. The van der Waals surface area contributed by atoms with E-state index in [-0.39, 0.29) is 11.9 Å². The smallest absolute Gasteiger partial charge is 0.123 e. The lowest BCUT2D eigenvalue weighted by Crippen LogP contribution is -2.33. The van der Waals surface area contributed by atoms with E-state index in [1.807, 2.05) is 12.1 Å². The van der Waals surface area contributed by atoms with Gasteiger partial charge < -0.3 is 10.1 Å². The van der Waals surface area contributed by atoms with Gasteiger partial charge in [-0.15, -0.1) is 0 Å². The molecule has 1 aliphatic rings. The molecule has 1 aromatic carbocycles. The largest absolute Gasteiger partial charge is 0.369 e. The van der Waals surface area contributed by atoms with Gasteiger partial charge in [0.2, 0.25) is 0 Å². The van der Waals surface area contributed by atoms with Gasteiger partial charge >= 0.3 is 0 Å². The highest BCUT2D eigenvalue weighted by molar-refractivity contribution is 5.19. The van der Waals surface area contributed by atoms with Crippen LogP contribution in [0, 0.1) is 5.82 Å². The van der Waals surface area contributed by atoms with Crippen molar-refractivity contribution in [2.75, 3.05) is 6.54 Å². The van der Waals surface area contributed by atoms with Crippen LogP contribution >= 0.6 is 0 Å². The first-order valence-corrected chi connectivity index (χ1v) is 6.79. The maximum Gasteiger partial charge on any atom is 0.123 e. The fourth-order valence-electron chi connectivity index (χ4n) is 2.00. The molecule has 0 heterocycles. The fraction of sp³-hybridized carbons (Fsp3) is 0.600. The summed E-state index contributed by atoms with van der Waals surface area (Å²) in [6, 6.07) is 7.07. The van der Waals surface area contributed by atoms with Gasteiger partial charge in [-0.2, -0.15) is 0 Å². The van der Waals surface area contributed by atoms with E-state index in [1.165, 1.54) is 18.6 Å². The van der Waals surface area contributed by atoms with Crippen LogP contribution in [0.1, 0.15) is 44.8 Å². The number of hydrogen-bond acceptors (Lipinski definition) is 2. The number of rotatable bonds is 6. The molecule has 100 valence electrons. The average Bonchev–Trinajstić information content (AvgIpc) is 2.28. The van der Waals surface area contributed by atoms with Crippen molar-refractivity contribution in [3.05, 3.63) is 35.6 Å². The van der Waals surface area contributed by atoms with E-state index in [4.69, 9.17) is 4.74 Å². The molecule has 1 fully saturated rings. The van der Waals surface area contributed by atoms with Crippen molar-refractivity contribution in [3.8, 4) is 0 Å². The van der Waals surface area contributed by atoms with Crippen LogP contribution in [-0.2, 0) is 4.74 Å². The standard InChI is InChI=1S/C15H22FNO/c1-11(2)17-10-15(18-14-4-3-5-14)12-6-8-13(16)9-7-12/h6-9,11,14-15,17H,3-5,10H2,1-2H3. The molecule has 0 radical (unpaired) electrons. The first-order valence-electron chi connectivity index (χ1n) is 6.79. The Bertz CT molecular complexity index is 359. The Balaban J connectivity index is 1.99. The molecule has 1 unspecified atom stereocenters. The Labute approximate surface area is 109 Å². The molecular formula is C15H22FNO. The number of halogens is 1. The molecule has 1 atom stereocenters. The maximum atomic E-state index is 12.9. The third-order valence-corrected chi connectivity index (χ3v) is 3.36. The van der Waals surface area contributed by atoms with Crippen LogP contribution in [0.25, 0.3) is 0 Å². The second-order valence-electron chi connectivity index (χ2n) is 5.29. The highest BCUT2D eigenvalue weighted by atomic mass is 19.1. The SMILES string of the molecule is CC(C)NCC(OC1CCC1)c1ccc(F)cc1. The van der Waals surface area contributed by atoms with E-state index >= 15 is 0 Å². The van der Waals surface area contributed by atoms with Crippen molar-refractivity contribution < 1.29 is 9.13 Å². The summed E-state index contributed by atoms with van der Waals surface area (Å²) < 4.78 is 19.0. The van der Waals surface area contributed by atoms with E-state index in [9.17, 15) is 4.39 Å². The van der Waals surface area contributed by atoms with E-state index < -0.39 is 0 Å². The molecule has 3 heteroatoms. The van der Waals surface area contributed by atoms with E-state index in [2.05, 4.69) is 19.2 Å². The molecule has 0 bridgehead atoms. The lowest BCUT2D eigenvalue weighted by Gasteiger charge is -2.31. The normalized spacial score (nSPS) is 17.8. The van der Waals surface area contributed by atoms with Crippen LogP contribution in [0.2, 0.25) is 0 Å². The quantitative estimate of drug-likeness (QED) is 0.836. The number of nitrogens with one attached hydrogen (secondary N) is 1. The lowest BCUT2D eigenvalue weighted by molar-refractivity contribution is -0.0525. The van der Waals surface area contributed by atoms with Crippen LogP contribution in [-0.4, -0.2) is 18.7 Å². The van der Waals surface area contributed by atoms with Crippen molar-refractivity contribution in [2.45, 2.75) is 51.4 Å². The molecule has 18 heavy (non-hydrogen) atoms. The molecule has 0 aliphatic heterocycles. The molecular weight excluding hydrogens is 229 g/mol. The predicted octanol–water partition coefficient (Wildman–Crippen LogP) is 3.43. The molecule has 2 rings (SSSR count). The molecule has 0 saturated heterocycles. The minimum atomic E-state index is -0.196. The Morgan fingerprint density at radius 3 is 2.44 bits per heavy atom. The van der Waals surface area contributed by atoms with E-state index in [0.29, 0.717) is 12.1 Å². The van der Waals surface area contributed by atoms with Crippen LogP contribution in [0.3, 0.4) is 0 Å². The maximum absolute atomic E-state index is 12.9. The van der Waals surface area contributed by atoms with Gasteiger partial charge in [-0.3, -0.25) is 0 Å². The van der Waals surface area contributed by atoms with Crippen molar-refractivity contribution in [1.82, 2.24) is 5.32 Å². The van der Waals surface area contributed by atoms with Crippen LogP contribution < -0.4 is 5.32 Å². The monoisotopic (exact) mass is 251 g/mol. The summed E-state index contributed by atoms with van der Waals surface area (Å²) in [6.45, 7) is 5.01. The van der Waals surface area contributed by atoms with Crippen LogP contribution in [0.5, 0.6) is 0 Å². The van der Waals surface area contributed by atoms with E-state index in [0.717, 1.165) is 24.9 Å². The average molecular weight is 251 g/mol. The first-order chi connectivity index (χ1) is 8.65. The molecule has 1 saturated carbocycles. The summed E-state index contributed by atoms with van der Waals surface area (Å²) in [5.74, 6) is -0.196. The zero-order chi connectivity index (χ0) is 13.0. The van der Waals surface area contributed by atoms with Crippen molar-refractivity contribution >= 4 is 0 Å². The lowest BCUT2D eigenvalue weighted by atomic mass is 9.95. The van der Waals surface area contributed by atoms with Crippen LogP contribution in [0.15, 0.2) is 24.3 Å². The van der Waals surface area contributed by atoms with Crippen molar-refractivity contribution in [3.63, 3.8) is 0 Å². The third-order valence-electron chi connectivity index (χ3n) is 3.36. The summed E-state index contributed by atoms with van der Waals surface area (Å²) >= 11 is 0. The summed E-state index contributed by atoms with van der Waals surface area (Å²) in [4.78, 5) is 0. The van der Waals surface area contributed by atoms with Gasteiger partial charge in [0.15, 0.2) is 0 Å². The second-order valence-corrected chi connectivity index (χ2v) is 5.29. The van der Waals surface area contributed by atoms with Gasteiger partial charge in [-0.05, 0) is 37.0 Å². The Hall–Kier alpha value is -0.930. The highest BCUT2D eigenvalue weighted by Gasteiger charge is 2.23. The van der Waals surface area contributed by atoms with Crippen molar-refractivity contribution in [2.24, 2.45) is 0 Å². The minimum absolute atomic E-state index is 0.0262. The Kier molecular flexibility index (Phi) is 4.72. The van der Waals surface area contributed by atoms with Gasteiger partial charge in [-0.25, -0.2) is 4.39 Å². The molecule has 1 aliphatic carbocycles. The Morgan fingerprint density at radius 1 is 1.28 bits per heavy atom. The highest BCUT2D eigenvalue weighted by Crippen LogP contribution is 2.28. The zero-order valence-electron chi connectivity index (χ0n) is 11.2. The van der Waals surface area contributed by atoms with Gasteiger partial charge in [0.1, 0.15) is 5.82 Å². The fourth-order valence-corrected chi connectivity index (χ4v) is 2.00. The Morgan fingerprint density at radius 2 is 1.94 bits per heavy atom. The van der Waals surface area contributed by atoms with Gasteiger partial charge in [0, 0.05) is 12.6 Å². The molecule has 2 nitrogen and oxygen atoms in total. The predicted molar refractivity (Wildman–Crippen MR) is 71.0 cm³/mol. The third kappa shape index (κ3) is 3.79. The summed E-state index contributed by atoms with van der Waals surface area (Å²) in [5, 5.41) is 3.39. The molecule has 1 N–H and O–H groups in total. The first kappa shape index (κ1) is 13.5. The zero-order valence-corrected chi connectivity index (χ0v) is 11.2. The molecule has 0 amide bonds. The minimum Gasteiger partial charge on any atom is -0.369 e. The molecule has 0 spiro atoms. The van der Waals surface area contributed by atoms with E-state index in [1.54, 1.807) is 0 Å². The van der Waals surface area contributed by atoms with Crippen LogP contribution in [0.4, 0.5) is 4.39 Å². The topological polar surface area (TPSA) is 21.3 Å².